The molecule has 0 spiro atoms. The van der Waals surface area contributed by atoms with E-state index in [2.05, 4.69) is 36.5 Å². The van der Waals surface area contributed by atoms with Gasteiger partial charge in [0.1, 0.15) is 0 Å². The van der Waals surface area contributed by atoms with E-state index in [0.717, 1.165) is 45.3 Å². The zero-order chi connectivity index (χ0) is 17.6. The van der Waals surface area contributed by atoms with Gasteiger partial charge in [-0.2, -0.15) is 0 Å². The zero-order valence-corrected chi connectivity index (χ0v) is 15.2. The molecule has 25 heavy (non-hydrogen) atoms. The molecule has 3 rings (SSSR count). The Bertz CT molecular complexity index is 599. The number of hydrogen-bond donors (Lipinski definition) is 1. The summed E-state index contributed by atoms with van der Waals surface area (Å²) >= 11 is 0. The van der Waals surface area contributed by atoms with E-state index in [1.54, 1.807) is 0 Å². The lowest BCUT2D eigenvalue weighted by atomic mass is 10.0. The van der Waals surface area contributed by atoms with Crippen molar-refractivity contribution in [3.8, 4) is 0 Å². The zero-order valence-electron chi connectivity index (χ0n) is 15.2. The Labute approximate surface area is 150 Å². The first-order chi connectivity index (χ1) is 12.1. The van der Waals surface area contributed by atoms with Crippen LogP contribution in [0.2, 0.25) is 0 Å². The molecule has 1 unspecified atom stereocenters. The SMILES string of the molecule is Cc1ccc(CCCC(=O)N2CCCC(N3CCNCC3=O)C2)cc1. The number of likely N-dealkylation sites (tertiary alicyclic amines) is 1. The lowest BCUT2D eigenvalue weighted by molar-refractivity contribution is -0.140. The van der Waals surface area contributed by atoms with E-state index in [1.165, 1.54) is 11.1 Å². The van der Waals surface area contributed by atoms with Crippen LogP contribution in [-0.2, 0) is 16.0 Å². The Morgan fingerprint density at radius 2 is 2.04 bits per heavy atom. The fraction of sp³-hybridized carbons (Fsp3) is 0.600. The van der Waals surface area contributed by atoms with Crippen molar-refractivity contribution in [3.05, 3.63) is 35.4 Å². The molecule has 0 aromatic heterocycles. The van der Waals surface area contributed by atoms with Crippen molar-refractivity contribution in [1.29, 1.82) is 0 Å². The lowest BCUT2D eigenvalue weighted by Gasteiger charge is -2.41. The van der Waals surface area contributed by atoms with Crippen molar-refractivity contribution in [2.24, 2.45) is 0 Å². The van der Waals surface area contributed by atoms with Gasteiger partial charge in [-0.15, -0.1) is 0 Å². The molecule has 2 heterocycles. The minimum Gasteiger partial charge on any atom is -0.341 e. The number of piperidine rings is 1. The molecule has 2 aliphatic heterocycles. The first-order valence-corrected chi connectivity index (χ1v) is 9.47. The van der Waals surface area contributed by atoms with E-state index in [4.69, 9.17) is 0 Å². The second kappa shape index (κ2) is 8.48. The van der Waals surface area contributed by atoms with E-state index in [0.29, 0.717) is 19.5 Å². The predicted octanol–water partition coefficient (Wildman–Crippen LogP) is 1.74. The predicted molar refractivity (Wildman–Crippen MR) is 98.3 cm³/mol. The van der Waals surface area contributed by atoms with Gasteiger partial charge in [-0.25, -0.2) is 0 Å². The third-order valence-electron chi connectivity index (χ3n) is 5.29. The number of hydrogen-bond acceptors (Lipinski definition) is 3. The summed E-state index contributed by atoms with van der Waals surface area (Å²) in [7, 11) is 0. The van der Waals surface area contributed by atoms with E-state index in [9.17, 15) is 9.59 Å². The van der Waals surface area contributed by atoms with E-state index < -0.39 is 0 Å². The van der Waals surface area contributed by atoms with Crippen molar-refractivity contribution >= 4 is 11.8 Å². The van der Waals surface area contributed by atoms with Crippen LogP contribution in [0.4, 0.5) is 0 Å². The Hall–Kier alpha value is -1.88. The van der Waals surface area contributed by atoms with E-state index in [-0.39, 0.29) is 17.9 Å². The summed E-state index contributed by atoms with van der Waals surface area (Å²) in [6.07, 6.45) is 4.43. The van der Waals surface area contributed by atoms with Gasteiger partial charge in [-0.3, -0.25) is 9.59 Å². The number of carbonyl (C=O) groups is 2. The summed E-state index contributed by atoms with van der Waals surface area (Å²) in [5.74, 6) is 0.407. The van der Waals surface area contributed by atoms with Crippen molar-refractivity contribution in [2.45, 2.75) is 45.1 Å². The average molecular weight is 343 g/mol. The quantitative estimate of drug-likeness (QED) is 0.886. The summed E-state index contributed by atoms with van der Waals surface area (Å²) in [5, 5.41) is 3.11. The molecule has 1 N–H and O–H groups in total. The number of carbonyl (C=O) groups excluding carboxylic acids is 2. The molecule has 2 aliphatic rings. The molecule has 5 heteroatoms. The average Bonchev–Trinajstić information content (AvgIpc) is 2.64. The molecule has 2 amide bonds. The van der Waals surface area contributed by atoms with Crippen LogP contribution < -0.4 is 5.32 Å². The Morgan fingerprint density at radius 1 is 1.24 bits per heavy atom. The first kappa shape index (κ1) is 17.9. The van der Waals surface area contributed by atoms with Crippen LogP contribution in [0, 0.1) is 6.92 Å². The van der Waals surface area contributed by atoms with E-state index in [1.807, 2.05) is 9.80 Å². The van der Waals surface area contributed by atoms with Gasteiger partial charge in [-0.1, -0.05) is 29.8 Å². The minimum absolute atomic E-state index is 0.171. The van der Waals surface area contributed by atoms with Gasteiger partial charge in [0.05, 0.1) is 6.54 Å². The highest BCUT2D eigenvalue weighted by molar-refractivity contribution is 5.80. The van der Waals surface area contributed by atoms with Gasteiger partial charge in [-0.05, 0) is 38.2 Å². The minimum atomic E-state index is 0.171. The van der Waals surface area contributed by atoms with Crippen LogP contribution in [-0.4, -0.2) is 60.4 Å². The van der Waals surface area contributed by atoms with Gasteiger partial charge in [0.2, 0.25) is 11.8 Å². The number of nitrogens with one attached hydrogen (secondary N) is 1. The summed E-state index contributed by atoms with van der Waals surface area (Å²) in [4.78, 5) is 28.6. The van der Waals surface area contributed by atoms with Gasteiger partial charge < -0.3 is 15.1 Å². The van der Waals surface area contributed by atoms with Crippen LogP contribution >= 0.6 is 0 Å². The molecule has 0 bridgehead atoms. The molecule has 1 aromatic rings. The van der Waals surface area contributed by atoms with Gasteiger partial charge in [0.15, 0.2) is 0 Å². The smallest absolute Gasteiger partial charge is 0.236 e. The lowest BCUT2D eigenvalue weighted by Crippen LogP contribution is -2.57. The fourth-order valence-electron chi connectivity index (χ4n) is 3.80. The van der Waals surface area contributed by atoms with Crippen LogP contribution in [0.15, 0.2) is 24.3 Å². The molecule has 2 fully saturated rings. The van der Waals surface area contributed by atoms with Crippen LogP contribution in [0.3, 0.4) is 0 Å². The molecular formula is C20H29N3O2. The summed E-state index contributed by atoms with van der Waals surface area (Å²) in [5.41, 5.74) is 2.56. The van der Waals surface area contributed by atoms with E-state index >= 15 is 0 Å². The molecule has 0 aliphatic carbocycles. The normalized spacial score (nSPS) is 21.5. The van der Waals surface area contributed by atoms with Crippen LogP contribution in [0.25, 0.3) is 0 Å². The highest BCUT2D eigenvalue weighted by atomic mass is 16.2. The molecular weight excluding hydrogens is 314 g/mol. The third-order valence-corrected chi connectivity index (χ3v) is 5.29. The maximum Gasteiger partial charge on any atom is 0.236 e. The number of amides is 2. The largest absolute Gasteiger partial charge is 0.341 e. The molecule has 136 valence electrons. The van der Waals surface area contributed by atoms with Gasteiger partial charge >= 0.3 is 0 Å². The molecule has 0 saturated carbocycles. The Morgan fingerprint density at radius 3 is 2.80 bits per heavy atom. The Kier molecular flexibility index (Phi) is 6.08. The maximum atomic E-state index is 12.6. The van der Waals surface area contributed by atoms with Crippen molar-refractivity contribution in [2.75, 3.05) is 32.7 Å². The summed E-state index contributed by atoms with van der Waals surface area (Å²) < 4.78 is 0. The van der Waals surface area contributed by atoms with Gasteiger partial charge in [0.25, 0.3) is 0 Å². The molecule has 1 aromatic carbocycles. The van der Waals surface area contributed by atoms with Crippen molar-refractivity contribution in [3.63, 3.8) is 0 Å². The number of aryl methyl sites for hydroxylation is 2. The second-order valence-electron chi connectivity index (χ2n) is 7.24. The highest BCUT2D eigenvalue weighted by Crippen LogP contribution is 2.18. The van der Waals surface area contributed by atoms with Crippen molar-refractivity contribution < 1.29 is 9.59 Å². The summed E-state index contributed by atoms with van der Waals surface area (Å²) in [6, 6.07) is 8.73. The Balaban J connectivity index is 1.46. The second-order valence-corrected chi connectivity index (χ2v) is 7.24. The van der Waals surface area contributed by atoms with Crippen molar-refractivity contribution in [1.82, 2.24) is 15.1 Å². The van der Waals surface area contributed by atoms with Crippen LogP contribution in [0.1, 0.15) is 36.8 Å². The fourth-order valence-corrected chi connectivity index (χ4v) is 3.80. The van der Waals surface area contributed by atoms with Gasteiger partial charge in [0, 0.05) is 38.6 Å². The summed E-state index contributed by atoms with van der Waals surface area (Å²) in [6.45, 7) is 5.67. The number of benzene rings is 1. The first-order valence-electron chi connectivity index (χ1n) is 9.47. The third kappa shape index (κ3) is 4.82. The molecule has 2 saturated heterocycles. The monoisotopic (exact) mass is 343 g/mol. The number of rotatable bonds is 5. The topological polar surface area (TPSA) is 52.7 Å². The molecule has 0 radical (unpaired) electrons. The molecule has 5 nitrogen and oxygen atoms in total. The number of nitrogens with zero attached hydrogens (tertiary/aromatic N) is 2. The maximum absolute atomic E-state index is 12.6. The standard InChI is InChI=1S/C20H29N3O2/c1-16-7-9-17(10-8-16)4-2-6-19(24)22-12-3-5-18(15-22)23-13-11-21-14-20(23)25/h7-10,18,21H,2-6,11-15H2,1H3. The highest BCUT2D eigenvalue weighted by Gasteiger charge is 2.31. The number of piperazine rings is 1. The van der Waals surface area contributed by atoms with Crippen LogP contribution in [0.5, 0.6) is 0 Å². The molecule has 1 atom stereocenters.